The molecule has 0 spiro atoms. The fourth-order valence-electron chi connectivity index (χ4n) is 2.92. The molecule has 1 N–H and O–H groups in total. The van der Waals surface area contributed by atoms with E-state index in [1.807, 2.05) is 0 Å². The highest BCUT2D eigenvalue weighted by Crippen LogP contribution is 2.17. The van der Waals surface area contributed by atoms with Crippen LogP contribution in [-0.4, -0.2) is 58.0 Å². The molecule has 1 atom stereocenters. The van der Waals surface area contributed by atoms with E-state index in [4.69, 9.17) is 9.47 Å². The van der Waals surface area contributed by atoms with E-state index < -0.39 is 0 Å². The van der Waals surface area contributed by atoms with Gasteiger partial charge < -0.3 is 19.7 Å². The van der Waals surface area contributed by atoms with Gasteiger partial charge in [0.15, 0.2) is 0 Å². The van der Waals surface area contributed by atoms with Crippen LogP contribution in [0, 0.1) is 0 Å². The van der Waals surface area contributed by atoms with Gasteiger partial charge in [-0.15, -0.1) is 0 Å². The highest BCUT2D eigenvalue weighted by atomic mass is 16.5. The van der Waals surface area contributed by atoms with E-state index in [1.165, 1.54) is 37.9 Å². The number of methoxy groups -OCH3 is 1. The van der Waals surface area contributed by atoms with Crippen molar-refractivity contribution in [2.45, 2.75) is 25.3 Å². The second-order valence-corrected chi connectivity index (χ2v) is 5.88. The van der Waals surface area contributed by atoms with E-state index in [9.17, 15) is 0 Å². The van der Waals surface area contributed by atoms with Crippen LogP contribution < -0.4 is 5.32 Å². The summed E-state index contributed by atoms with van der Waals surface area (Å²) in [7, 11) is 1.70. The monoisotopic (exact) mass is 306 g/mol. The number of hydrogen-bond donors (Lipinski definition) is 1. The van der Waals surface area contributed by atoms with Crippen molar-refractivity contribution in [2.24, 2.45) is 0 Å². The molecular formula is C18H30N2O2. The molecule has 1 aromatic carbocycles. The highest BCUT2D eigenvalue weighted by molar-refractivity contribution is 5.19. The first kappa shape index (κ1) is 17.4. The Kier molecular flexibility index (Phi) is 8.49. The van der Waals surface area contributed by atoms with Crippen LogP contribution in [0.1, 0.15) is 30.9 Å². The van der Waals surface area contributed by atoms with Crippen LogP contribution in [0.4, 0.5) is 0 Å². The van der Waals surface area contributed by atoms with Gasteiger partial charge in [-0.1, -0.05) is 36.8 Å². The van der Waals surface area contributed by atoms with E-state index in [0.29, 0.717) is 19.3 Å². The van der Waals surface area contributed by atoms with Crippen LogP contribution in [0.5, 0.6) is 0 Å². The Labute approximate surface area is 134 Å². The molecule has 0 amide bonds. The summed E-state index contributed by atoms with van der Waals surface area (Å²) in [5.41, 5.74) is 1.37. The molecule has 2 rings (SSSR count). The van der Waals surface area contributed by atoms with Crippen molar-refractivity contribution >= 4 is 0 Å². The van der Waals surface area contributed by atoms with Crippen molar-refractivity contribution in [1.29, 1.82) is 0 Å². The molecule has 1 fully saturated rings. The number of likely N-dealkylation sites (tertiary alicyclic amines) is 1. The summed E-state index contributed by atoms with van der Waals surface area (Å²) in [5, 5.41) is 3.65. The number of piperidine rings is 1. The first-order chi connectivity index (χ1) is 10.9. The summed E-state index contributed by atoms with van der Waals surface area (Å²) in [6, 6.07) is 11.1. The van der Waals surface area contributed by atoms with Crippen molar-refractivity contribution < 1.29 is 9.47 Å². The number of benzene rings is 1. The summed E-state index contributed by atoms with van der Waals surface area (Å²) in [6.07, 6.45) is 4.05. The fourth-order valence-corrected chi connectivity index (χ4v) is 2.92. The molecule has 1 aromatic rings. The lowest BCUT2D eigenvalue weighted by Gasteiger charge is -2.31. The minimum absolute atomic E-state index is 0.380. The standard InChI is InChI=1S/C18H30N2O2/c1-21-14-15-22-13-10-19-18(17-8-4-2-5-9-17)16-20-11-6-3-7-12-20/h2,4-5,8-9,18-19H,3,6-7,10-16H2,1H3/t18-/m0/s1. The maximum absolute atomic E-state index is 5.55. The Bertz CT molecular complexity index is 380. The highest BCUT2D eigenvalue weighted by Gasteiger charge is 2.17. The smallest absolute Gasteiger partial charge is 0.0700 e. The Hall–Kier alpha value is -0.940. The van der Waals surface area contributed by atoms with Crippen molar-refractivity contribution in [2.75, 3.05) is 53.1 Å². The first-order valence-corrected chi connectivity index (χ1v) is 8.47. The maximum atomic E-state index is 5.55. The third-order valence-electron chi connectivity index (χ3n) is 4.16. The van der Waals surface area contributed by atoms with Gasteiger partial charge in [0.05, 0.1) is 19.8 Å². The van der Waals surface area contributed by atoms with Crippen molar-refractivity contribution in [3.63, 3.8) is 0 Å². The van der Waals surface area contributed by atoms with E-state index >= 15 is 0 Å². The molecule has 0 radical (unpaired) electrons. The van der Waals surface area contributed by atoms with Gasteiger partial charge in [-0.25, -0.2) is 0 Å². The van der Waals surface area contributed by atoms with Crippen LogP contribution in [-0.2, 0) is 9.47 Å². The fraction of sp³-hybridized carbons (Fsp3) is 0.667. The maximum Gasteiger partial charge on any atom is 0.0700 e. The minimum atomic E-state index is 0.380. The van der Waals surface area contributed by atoms with Gasteiger partial charge in [-0.2, -0.15) is 0 Å². The molecular weight excluding hydrogens is 276 g/mol. The number of hydrogen-bond acceptors (Lipinski definition) is 4. The van der Waals surface area contributed by atoms with Gasteiger partial charge in [0.25, 0.3) is 0 Å². The molecule has 4 heteroatoms. The van der Waals surface area contributed by atoms with Gasteiger partial charge in [0.1, 0.15) is 0 Å². The molecule has 1 saturated heterocycles. The SMILES string of the molecule is COCCOCCN[C@@H](CN1CCCCC1)c1ccccc1. The molecule has 0 saturated carbocycles. The molecule has 0 unspecified atom stereocenters. The summed E-state index contributed by atoms with van der Waals surface area (Å²) in [4.78, 5) is 2.58. The van der Waals surface area contributed by atoms with Crippen LogP contribution in [0.15, 0.2) is 30.3 Å². The van der Waals surface area contributed by atoms with Crippen LogP contribution in [0.2, 0.25) is 0 Å². The Morgan fingerprint density at radius 2 is 1.82 bits per heavy atom. The van der Waals surface area contributed by atoms with Gasteiger partial charge >= 0.3 is 0 Å². The topological polar surface area (TPSA) is 33.7 Å². The number of ether oxygens (including phenoxy) is 2. The normalized spacial score (nSPS) is 17.5. The molecule has 1 aliphatic heterocycles. The quantitative estimate of drug-likeness (QED) is 0.673. The number of rotatable bonds is 10. The lowest BCUT2D eigenvalue weighted by Crippen LogP contribution is -2.39. The average Bonchev–Trinajstić information content (AvgIpc) is 2.58. The summed E-state index contributed by atoms with van der Waals surface area (Å²) in [6.45, 7) is 6.48. The van der Waals surface area contributed by atoms with Gasteiger partial charge in [0, 0.05) is 26.2 Å². The van der Waals surface area contributed by atoms with E-state index in [1.54, 1.807) is 7.11 Å². The molecule has 1 heterocycles. The summed E-state index contributed by atoms with van der Waals surface area (Å²) in [5.74, 6) is 0. The molecule has 4 nitrogen and oxygen atoms in total. The minimum Gasteiger partial charge on any atom is -0.382 e. The van der Waals surface area contributed by atoms with Gasteiger partial charge in [0.2, 0.25) is 0 Å². The van der Waals surface area contributed by atoms with Crippen molar-refractivity contribution in [3.05, 3.63) is 35.9 Å². The predicted molar refractivity (Wildman–Crippen MR) is 90.2 cm³/mol. The zero-order chi connectivity index (χ0) is 15.5. The van der Waals surface area contributed by atoms with Crippen LogP contribution in [0.25, 0.3) is 0 Å². The largest absolute Gasteiger partial charge is 0.382 e. The van der Waals surface area contributed by atoms with E-state index in [2.05, 4.69) is 40.5 Å². The number of nitrogens with zero attached hydrogens (tertiary/aromatic N) is 1. The van der Waals surface area contributed by atoms with Crippen LogP contribution in [0.3, 0.4) is 0 Å². The first-order valence-electron chi connectivity index (χ1n) is 8.47. The lowest BCUT2D eigenvalue weighted by atomic mass is 10.0. The average molecular weight is 306 g/mol. The molecule has 124 valence electrons. The van der Waals surface area contributed by atoms with Crippen LogP contribution >= 0.6 is 0 Å². The zero-order valence-electron chi connectivity index (χ0n) is 13.8. The second kappa shape index (κ2) is 10.7. The Balaban J connectivity index is 1.79. The molecule has 22 heavy (non-hydrogen) atoms. The molecule has 0 aliphatic carbocycles. The molecule has 0 aromatic heterocycles. The summed E-state index contributed by atoms with van der Waals surface area (Å²) >= 11 is 0. The van der Waals surface area contributed by atoms with E-state index in [0.717, 1.165) is 19.7 Å². The number of nitrogens with one attached hydrogen (secondary N) is 1. The van der Waals surface area contributed by atoms with E-state index in [-0.39, 0.29) is 0 Å². The zero-order valence-corrected chi connectivity index (χ0v) is 13.8. The molecule has 0 bridgehead atoms. The lowest BCUT2D eigenvalue weighted by molar-refractivity contribution is 0.0702. The third kappa shape index (κ3) is 6.44. The second-order valence-electron chi connectivity index (χ2n) is 5.88. The Morgan fingerprint density at radius 1 is 1.05 bits per heavy atom. The Morgan fingerprint density at radius 3 is 2.55 bits per heavy atom. The summed E-state index contributed by atoms with van der Waals surface area (Å²) < 4.78 is 10.5. The van der Waals surface area contributed by atoms with Crippen molar-refractivity contribution in [1.82, 2.24) is 10.2 Å². The predicted octanol–water partition coefficient (Wildman–Crippen LogP) is 2.47. The molecule has 1 aliphatic rings. The van der Waals surface area contributed by atoms with Crippen molar-refractivity contribution in [3.8, 4) is 0 Å². The van der Waals surface area contributed by atoms with Gasteiger partial charge in [-0.05, 0) is 31.5 Å². The third-order valence-corrected chi connectivity index (χ3v) is 4.16. The van der Waals surface area contributed by atoms with Gasteiger partial charge in [-0.3, -0.25) is 0 Å².